The first-order chi connectivity index (χ1) is 11.1. The third-order valence-electron chi connectivity index (χ3n) is 6.28. The molecule has 2 fully saturated rings. The first-order valence-corrected chi connectivity index (χ1v) is 9.32. The van der Waals surface area contributed by atoms with Gasteiger partial charge >= 0.3 is 0 Å². The van der Waals surface area contributed by atoms with E-state index in [1.807, 2.05) is 12.1 Å². The van der Waals surface area contributed by atoms with Gasteiger partial charge in [0.1, 0.15) is 0 Å². The zero-order chi connectivity index (χ0) is 16.0. The highest BCUT2D eigenvalue weighted by Crippen LogP contribution is 2.42. The number of benzene rings is 1. The van der Waals surface area contributed by atoms with Gasteiger partial charge in [-0.15, -0.1) is 0 Å². The van der Waals surface area contributed by atoms with Crippen molar-refractivity contribution in [2.75, 3.05) is 6.54 Å². The summed E-state index contributed by atoms with van der Waals surface area (Å²) in [5.41, 5.74) is 8.80. The summed E-state index contributed by atoms with van der Waals surface area (Å²) >= 11 is 6.28. The van der Waals surface area contributed by atoms with E-state index in [2.05, 4.69) is 11.0 Å². The van der Waals surface area contributed by atoms with Crippen LogP contribution in [0.3, 0.4) is 0 Å². The summed E-state index contributed by atoms with van der Waals surface area (Å²) < 4.78 is 0. The molecule has 0 spiro atoms. The molecule has 3 nitrogen and oxygen atoms in total. The highest BCUT2D eigenvalue weighted by atomic mass is 35.5. The van der Waals surface area contributed by atoms with Crippen molar-refractivity contribution in [2.24, 2.45) is 23.5 Å². The Bertz CT molecular complexity index is 603. The largest absolute Gasteiger partial charge is 0.338 e. The number of carbonyl (C=O) groups excluding carboxylic acids is 1. The number of fused-ring (bicyclic) bond motifs is 3. The van der Waals surface area contributed by atoms with Crippen molar-refractivity contribution in [3.63, 3.8) is 0 Å². The van der Waals surface area contributed by atoms with Crippen molar-refractivity contribution in [2.45, 2.75) is 51.1 Å². The van der Waals surface area contributed by atoms with Crippen molar-refractivity contribution in [3.05, 3.63) is 34.3 Å². The van der Waals surface area contributed by atoms with Gasteiger partial charge in [-0.05, 0) is 61.1 Å². The zero-order valence-electron chi connectivity index (χ0n) is 13.5. The van der Waals surface area contributed by atoms with E-state index in [4.69, 9.17) is 17.3 Å². The number of hydrogen-bond acceptors (Lipinski definition) is 2. The van der Waals surface area contributed by atoms with E-state index in [1.54, 1.807) is 0 Å². The number of hydrogen-bond donors (Lipinski definition) is 1. The zero-order valence-corrected chi connectivity index (χ0v) is 14.3. The number of nitrogens with two attached hydrogens (primary N) is 1. The van der Waals surface area contributed by atoms with Gasteiger partial charge in [-0.3, -0.25) is 4.79 Å². The number of carbonyl (C=O) groups is 1. The van der Waals surface area contributed by atoms with Crippen LogP contribution in [0.4, 0.5) is 0 Å². The van der Waals surface area contributed by atoms with E-state index in [1.165, 1.54) is 30.4 Å². The highest BCUT2D eigenvalue weighted by Gasteiger charge is 2.41. The number of nitrogens with zero attached hydrogens (tertiary/aromatic N) is 1. The molecule has 0 saturated heterocycles. The van der Waals surface area contributed by atoms with Gasteiger partial charge in [-0.2, -0.15) is 0 Å². The molecular weight excluding hydrogens is 308 g/mol. The standard InChI is InChI=1S/C19H25ClN2O/c20-17-6-2-5-14-11-22(8-7-16(14)17)19(23)15-9-12-3-1-4-13(10-15)18(12)21/h2,5-6,12-13,15,18H,1,3-4,7-11,21H2. The maximum Gasteiger partial charge on any atom is 0.226 e. The number of halogens is 1. The van der Waals surface area contributed by atoms with Crippen LogP contribution in [0.15, 0.2) is 18.2 Å². The van der Waals surface area contributed by atoms with Crippen molar-refractivity contribution >= 4 is 17.5 Å². The van der Waals surface area contributed by atoms with Gasteiger partial charge in [0.25, 0.3) is 0 Å². The predicted molar refractivity (Wildman–Crippen MR) is 92.1 cm³/mol. The molecule has 1 aromatic rings. The minimum Gasteiger partial charge on any atom is -0.338 e. The molecule has 0 aromatic heterocycles. The molecule has 2 atom stereocenters. The lowest BCUT2D eigenvalue weighted by molar-refractivity contribution is -0.139. The van der Waals surface area contributed by atoms with E-state index >= 15 is 0 Å². The SMILES string of the molecule is NC1C2CCCC1CC(C(=O)N1CCc3c(Cl)cccc3C1)C2. The molecule has 1 aromatic carbocycles. The van der Waals surface area contributed by atoms with Crippen LogP contribution in [0.5, 0.6) is 0 Å². The third-order valence-corrected chi connectivity index (χ3v) is 6.64. The second-order valence-corrected chi connectivity index (χ2v) is 7.99. The fourth-order valence-electron chi connectivity index (χ4n) is 5.00. The van der Waals surface area contributed by atoms with E-state index in [-0.39, 0.29) is 5.92 Å². The molecule has 3 aliphatic rings. The number of rotatable bonds is 1. The minimum absolute atomic E-state index is 0.186. The summed E-state index contributed by atoms with van der Waals surface area (Å²) in [7, 11) is 0. The van der Waals surface area contributed by atoms with Crippen LogP contribution >= 0.6 is 11.6 Å². The maximum absolute atomic E-state index is 13.0. The van der Waals surface area contributed by atoms with E-state index in [0.29, 0.717) is 30.3 Å². The van der Waals surface area contributed by atoms with Crippen LogP contribution in [0, 0.1) is 17.8 Å². The van der Waals surface area contributed by atoms with Gasteiger partial charge in [0.15, 0.2) is 0 Å². The topological polar surface area (TPSA) is 46.3 Å². The van der Waals surface area contributed by atoms with Crippen LogP contribution in [0.2, 0.25) is 5.02 Å². The van der Waals surface area contributed by atoms with Gasteiger partial charge < -0.3 is 10.6 Å². The van der Waals surface area contributed by atoms with Crippen molar-refractivity contribution in [3.8, 4) is 0 Å². The molecule has 1 heterocycles. The Labute approximate surface area is 143 Å². The fourth-order valence-corrected chi connectivity index (χ4v) is 5.29. The Kier molecular flexibility index (Phi) is 4.10. The second kappa shape index (κ2) is 6.10. The van der Waals surface area contributed by atoms with Gasteiger partial charge in [0, 0.05) is 30.1 Å². The molecule has 124 valence electrons. The molecule has 2 saturated carbocycles. The summed E-state index contributed by atoms with van der Waals surface area (Å²) in [6.07, 6.45) is 6.57. The molecule has 2 unspecified atom stereocenters. The molecule has 2 bridgehead atoms. The average molecular weight is 333 g/mol. The van der Waals surface area contributed by atoms with E-state index in [9.17, 15) is 4.79 Å². The van der Waals surface area contributed by atoms with E-state index < -0.39 is 0 Å². The van der Waals surface area contributed by atoms with E-state index in [0.717, 1.165) is 30.8 Å². The normalized spacial score (nSPS) is 33.2. The molecule has 23 heavy (non-hydrogen) atoms. The first-order valence-electron chi connectivity index (χ1n) is 8.94. The summed E-state index contributed by atoms with van der Waals surface area (Å²) in [5, 5.41) is 0.841. The van der Waals surface area contributed by atoms with Gasteiger partial charge in [-0.1, -0.05) is 30.2 Å². The smallest absolute Gasteiger partial charge is 0.226 e. The molecule has 1 amide bonds. The Balaban J connectivity index is 1.48. The van der Waals surface area contributed by atoms with Crippen molar-refractivity contribution < 1.29 is 4.79 Å². The average Bonchev–Trinajstić information content (AvgIpc) is 2.54. The Morgan fingerprint density at radius 3 is 2.70 bits per heavy atom. The lowest BCUT2D eigenvalue weighted by atomic mass is 9.65. The van der Waals surface area contributed by atoms with Crippen molar-refractivity contribution in [1.29, 1.82) is 0 Å². The lowest BCUT2D eigenvalue weighted by Crippen LogP contribution is -2.50. The highest BCUT2D eigenvalue weighted by molar-refractivity contribution is 6.31. The molecule has 0 radical (unpaired) electrons. The minimum atomic E-state index is 0.186. The monoisotopic (exact) mass is 332 g/mol. The maximum atomic E-state index is 13.0. The van der Waals surface area contributed by atoms with Crippen LogP contribution in [-0.4, -0.2) is 23.4 Å². The molecular formula is C19H25ClN2O. The molecule has 2 N–H and O–H groups in total. The van der Waals surface area contributed by atoms with Gasteiger partial charge in [0.05, 0.1) is 0 Å². The van der Waals surface area contributed by atoms with Crippen molar-refractivity contribution in [1.82, 2.24) is 4.90 Å². The van der Waals surface area contributed by atoms with Crippen LogP contribution in [0.25, 0.3) is 0 Å². The summed E-state index contributed by atoms with van der Waals surface area (Å²) in [4.78, 5) is 15.1. The fraction of sp³-hybridized carbons (Fsp3) is 0.632. The van der Waals surface area contributed by atoms with Crippen LogP contribution in [0.1, 0.15) is 43.2 Å². The molecule has 2 aliphatic carbocycles. The quantitative estimate of drug-likeness (QED) is 0.857. The number of amides is 1. The molecule has 4 rings (SSSR count). The first kappa shape index (κ1) is 15.5. The lowest BCUT2D eigenvalue weighted by Gasteiger charge is -2.45. The predicted octanol–water partition coefficient (Wildman–Crippen LogP) is 3.38. The van der Waals surface area contributed by atoms with Gasteiger partial charge in [-0.25, -0.2) is 0 Å². The summed E-state index contributed by atoms with van der Waals surface area (Å²) in [6, 6.07) is 6.36. The van der Waals surface area contributed by atoms with Crippen LogP contribution < -0.4 is 5.73 Å². The summed E-state index contributed by atoms with van der Waals surface area (Å²) in [6.45, 7) is 1.51. The molecule has 1 aliphatic heterocycles. The summed E-state index contributed by atoms with van der Waals surface area (Å²) in [5.74, 6) is 1.65. The van der Waals surface area contributed by atoms with Crippen LogP contribution in [-0.2, 0) is 17.8 Å². The second-order valence-electron chi connectivity index (χ2n) is 7.58. The van der Waals surface area contributed by atoms with Gasteiger partial charge in [0.2, 0.25) is 5.91 Å². The Morgan fingerprint density at radius 2 is 1.96 bits per heavy atom. The Hall–Kier alpha value is -1.06. The molecule has 4 heteroatoms. The Morgan fingerprint density at radius 1 is 1.22 bits per heavy atom. The third kappa shape index (κ3) is 2.78.